The molecule has 0 aromatic carbocycles. The zero-order chi connectivity index (χ0) is 33.1. The van der Waals surface area contributed by atoms with Gasteiger partial charge in [0.25, 0.3) is 5.91 Å². The van der Waals surface area contributed by atoms with Crippen molar-refractivity contribution in [2.75, 3.05) is 19.3 Å². The van der Waals surface area contributed by atoms with Gasteiger partial charge in [0.15, 0.2) is 0 Å². The van der Waals surface area contributed by atoms with Crippen LogP contribution in [0.1, 0.15) is 74.7 Å². The summed E-state index contributed by atoms with van der Waals surface area (Å²) in [5.74, 6) is -3.34. The zero-order valence-corrected chi connectivity index (χ0v) is 27.9. The van der Waals surface area contributed by atoms with E-state index in [0.29, 0.717) is 13.0 Å². The van der Waals surface area contributed by atoms with E-state index in [2.05, 4.69) is 27.3 Å². The van der Waals surface area contributed by atoms with Gasteiger partial charge in [0.1, 0.15) is 18.1 Å². The molecule has 0 aromatic heterocycles. The van der Waals surface area contributed by atoms with E-state index in [-0.39, 0.29) is 42.6 Å². The number of nitrogens with zero attached hydrogens (tertiary/aromatic N) is 1. The lowest BCUT2D eigenvalue weighted by atomic mass is 9.84. The van der Waals surface area contributed by atoms with Crippen LogP contribution in [0, 0.1) is 28.6 Å². The molecule has 1 saturated heterocycles. The number of nitrogens with one attached hydrogen (secondary N) is 4. The zero-order valence-electron chi connectivity index (χ0n) is 27.1. The van der Waals surface area contributed by atoms with Gasteiger partial charge in [-0.25, -0.2) is 13.1 Å². The molecule has 1 saturated carbocycles. The molecule has 43 heavy (non-hydrogen) atoms. The summed E-state index contributed by atoms with van der Waals surface area (Å²) >= 11 is 0. The second kappa shape index (κ2) is 13.9. The first-order chi connectivity index (χ1) is 19.7. The SMILES string of the molecule is C=CCNC(=O)C(=O)C(CCC)NC(=O)[C@@H]1[C@@H]2[C@H](CN1C(=O)[C@@H](NC(=O)[C@H](CC(C)C)NS(C)(=O)=O)C(C)(C)C)C2(C)C. The van der Waals surface area contributed by atoms with Gasteiger partial charge in [0, 0.05) is 13.1 Å². The summed E-state index contributed by atoms with van der Waals surface area (Å²) in [5.41, 5.74) is -1.000. The molecule has 1 unspecified atom stereocenters. The summed E-state index contributed by atoms with van der Waals surface area (Å²) in [4.78, 5) is 68.1. The molecule has 13 heteroatoms. The molecule has 0 bridgehead atoms. The van der Waals surface area contributed by atoms with Crippen LogP contribution in [0.2, 0.25) is 0 Å². The van der Waals surface area contributed by atoms with Crippen LogP contribution in [0.4, 0.5) is 0 Å². The largest absolute Gasteiger partial charge is 0.346 e. The highest BCUT2D eigenvalue weighted by molar-refractivity contribution is 7.88. The number of hydrogen-bond acceptors (Lipinski definition) is 7. The van der Waals surface area contributed by atoms with Crippen LogP contribution < -0.4 is 20.7 Å². The Labute approximate surface area is 256 Å². The lowest BCUT2D eigenvalue weighted by molar-refractivity contribution is -0.146. The lowest BCUT2D eigenvalue weighted by Gasteiger charge is -2.38. The number of rotatable bonds is 15. The van der Waals surface area contributed by atoms with Crippen molar-refractivity contribution in [2.45, 2.75) is 98.8 Å². The van der Waals surface area contributed by atoms with E-state index in [1.165, 1.54) is 11.0 Å². The summed E-state index contributed by atoms with van der Waals surface area (Å²) in [6.07, 6.45) is 3.43. The summed E-state index contributed by atoms with van der Waals surface area (Å²) in [7, 11) is -3.71. The molecular weight excluding hydrogens is 574 g/mol. The predicted molar refractivity (Wildman–Crippen MR) is 164 cm³/mol. The van der Waals surface area contributed by atoms with Gasteiger partial charge < -0.3 is 20.9 Å². The summed E-state index contributed by atoms with van der Waals surface area (Å²) in [6.45, 7) is 18.9. The molecule has 0 radical (unpaired) electrons. The number of hydrogen-bond donors (Lipinski definition) is 4. The van der Waals surface area contributed by atoms with Crippen molar-refractivity contribution >= 4 is 39.4 Å². The maximum Gasteiger partial charge on any atom is 0.289 e. The molecule has 2 aliphatic rings. The van der Waals surface area contributed by atoms with Crippen molar-refractivity contribution in [3.63, 3.8) is 0 Å². The van der Waals surface area contributed by atoms with Gasteiger partial charge in [0.2, 0.25) is 33.5 Å². The molecule has 244 valence electrons. The number of amides is 4. The number of carbonyl (C=O) groups is 5. The number of fused-ring (bicyclic) bond motifs is 1. The third-order valence-electron chi connectivity index (χ3n) is 8.38. The number of carbonyl (C=O) groups excluding carboxylic acids is 5. The molecule has 0 aromatic rings. The highest BCUT2D eigenvalue weighted by Gasteiger charge is 2.70. The van der Waals surface area contributed by atoms with Crippen LogP contribution in [-0.4, -0.2) is 86.2 Å². The Balaban J connectivity index is 2.36. The normalized spacial score (nSPS) is 23.0. The Morgan fingerprint density at radius 3 is 2.16 bits per heavy atom. The van der Waals surface area contributed by atoms with E-state index >= 15 is 0 Å². The highest BCUT2D eigenvalue weighted by atomic mass is 32.2. The topological polar surface area (TPSA) is 171 Å². The Bertz CT molecular complexity index is 1210. The fraction of sp³-hybridized carbons (Fsp3) is 0.767. The van der Waals surface area contributed by atoms with Crippen molar-refractivity contribution < 1.29 is 32.4 Å². The second-order valence-corrected chi connectivity index (χ2v) is 15.8. The van der Waals surface area contributed by atoms with E-state index in [0.717, 1.165) is 6.26 Å². The summed E-state index contributed by atoms with van der Waals surface area (Å²) in [6, 6.07) is -4.11. The molecule has 1 aliphatic heterocycles. The van der Waals surface area contributed by atoms with Crippen molar-refractivity contribution in [1.29, 1.82) is 0 Å². The third-order valence-corrected chi connectivity index (χ3v) is 9.09. The van der Waals surface area contributed by atoms with Gasteiger partial charge in [-0.05, 0) is 41.4 Å². The van der Waals surface area contributed by atoms with Crippen LogP contribution in [0.3, 0.4) is 0 Å². The summed E-state index contributed by atoms with van der Waals surface area (Å²) in [5, 5.41) is 7.98. The quantitative estimate of drug-likeness (QED) is 0.156. The number of sulfonamides is 1. The first-order valence-corrected chi connectivity index (χ1v) is 16.9. The maximum absolute atomic E-state index is 14.2. The van der Waals surface area contributed by atoms with Crippen molar-refractivity contribution in [3.8, 4) is 0 Å². The maximum atomic E-state index is 14.2. The monoisotopic (exact) mass is 625 g/mol. The lowest BCUT2D eigenvalue weighted by Crippen LogP contribution is -2.62. The van der Waals surface area contributed by atoms with Gasteiger partial charge >= 0.3 is 0 Å². The molecule has 1 heterocycles. The van der Waals surface area contributed by atoms with Crippen molar-refractivity contribution in [3.05, 3.63) is 12.7 Å². The fourth-order valence-electron chi connectivity index (χ4n) is 6.03. The van der Waals surface area contributed by atoms with Crippen molar-refractivity contribution in [2.24, 2.45) is 28.6 Å². The molecule has 4 amide bonds. The van der Waals surface area contributed by atoms with Crippen LogP contribution in [0.25, 0.3) is 0 Å². The van der Waals surface area contributed by atoms with E-state index < -0.39 is 69.0 Å². The van der Waals surface area contributed by atoms with E-state index in [1.807, 2.05) is 34.6 Å². The molecule has 4 N–H and O–H groups in total. The molecule has 1 aliphatic carbocycles. The van der Waals surface area contributed by atoms with Gasteiger partial charge in [-0.1, -0.05) is 67.9 Å². The number of Topliss-reactive ketones (excluding diaryl/α,β-unsaturated/α-hetero) is 1. The number of ketones is 1. The average Bonchev–Trinajstić information content (AvgIpc) is 3.20. The minimum absolute atomic E-state index is 0.00702. The Kier molecular flexibility index (Phi) is 11.7. The molecule has 0 spiro atoms. The van der Waals surface area contributed by atoms with Gasteiger partial charge in [-0.2, -0.15) is 0 Å². The van der Waals surface area contributed by atoms with E-state index in [9.17, 15) is 32.4 Å². The van der Waals surface area contributed by atoms with Crippen LogP contribution in [0.5, 0.6) is 0 Å². The molecule has 2 fully saturated rings. The first-order valence-electron chi connectivity index (χ1n) is 15.0. The average molecular weight is 626 g/mol. The predicted octanol–water partition coefficient (Wildman–Crippen LogP) is 1.12. The fourth-order valence-corrected chi connectivity index (χ4v) is 6.75. The van der Waals surface area contributed by atoms with Crippen LogP contribution in [0.15, 0.2) is 12.7 Å². The van der Waals surface area contributed by atoms with E-state index in [1.54, 1.807) is 20.8 Å². The van der Waals surface area contributed by atoms with Gasteiger partial charge in [-0.3, -0.25) is 24.0 Å². The standard InChI is InChI=1S/C30H51N5O7S/c1-11-13-19(23(36)27(39)31-14-12-2)32-26(38)22-21-18(30(21,8)9)16-35(22)28(40)24(29(5,6)7)33-25(37)20(15-17(3)4)34-43(10,41)42/h12,17-22,24,34H,2,11,13-16H2,1,3-10H3,(H,31,39)(H,32,38)(H,33,37)/t18-,19?,20-,21-,22-,24+/m0/s1. The highest BCUT2D eigenvalue weighted by Crippen LogP contribution is 2.65. The molecule has 2 rings (SSSR count). The van der Waals surface area contributed by atoms with E-state index in [4.69, 9.17) is 0 Å². The third kappa shape index (κ3) is 9.10. The Hall–Kier alpha value is -2.80. The first kappa shape index (κ1) is 36.4. The smallest absolute Gasteiger partial charge is 0.289 e. The molecule has 12 nitrogen and oxygen atoms in total. The number of likely N-dealkylation sites (tertiary alicyclic amines) is 1. The number of piperidine rings is 1. The van der Waals surface area contributed by atoms with Crippen LogP contribution >= 0.6 is 0 Å². The van der Waals surface area contributed by atoms with Crippen LogP contribution in [-0.2, 0) is 34.0 Å². The second-order valence-electron chi connectivity index (χ2n) is 14.0. The summed E-state index contributed by atoms with van der Waals surface area (Å²) < 4.78 is 26.3. The van der Waals surface area contributed by atoms with Gasteiger partial charge in [-0.15, -0.1) is 6.58 Å². The molecule has 6 atom stereocenters. The van der Waals surface area contributed by atoms with Crippen molar-refractivity contribution in [1.82, 2.24) is 25.6 Å². The minimum Gasteiger partial charge on any atom is -0.346 e. The Morgan fingerprint density at radius 2 is 1.67 bits per heavy atom. The Morgan fingerprint density at radius 1 is 1.07 bits per heavy atom. The minimum atomic E-state index is -3.71. The van der Waals surface area contributed by atoms with Gasteiger partial charge in [0.05, 0.1) is 12.3 Å². The molecular formula is C30H51N5O7S.